The highest BCUT2D eigenvalue weighted by Crippen LogP contribution is 2.29. The van der Waals surface area contributed by atoms with E-state index >= 15 is 0 Å². The first-order valence-electron chi connectivity index (χ1n) is 5.55. The molecule has 2 unspecified atom stereocenters. The van der Waals surface area contributed by atoms with Crippen molar-refractivity contribution < 1.29 is 4.79 Å². The minimum Gasteiger partial charge on any atom is -0.331 e. The van der Waals surface area contributed by atoms with E-state index in [1.807, 2.05) is 41.8 Å². The van der Waals surface area contributed by atoms with Gasteiger partial charge in [-0.3, -0.25) is 15.6 Å². The van der Waals surface area contributed by atoms with Crippen molar-refractivity contribution in [2.45, 2.75) is 10.1 Å². The zero-order valence-corrected chi connectivity index (χ0v) is 13.0. The van der Waals surface area contributed by atoms with E-state index in [0.29, 0.717) is 5.11 Å². The number of thiocarbonyl (C=S) groups is 1. The number of hydrogen-bond acceptors (Lipinski definition) is 3. The number of anilines is 1. The Kier molecular flexibility index (Phi) is 5.24. The maximum Gasteiger partial charge on any atom is 0.253 e. The second-order valence-electron chi connectivity index (χ2n) is 3.76. The van der Waals surface area contributed by atoms with Crippen LogP contribution in [0.2, 0.25) is 0 Å². The second-order valence-corrected chi connectivity index (χ2v) is 6.28. The van der Waals surface area contributed by atoms with Crippen molar-refractivity contribution in [3.8, 4) is 0 Å². The molecule has 1 aromatic carbocycles. The van der Waals surface area contributed by atoms with Crippen molar-refractivity contribution in [1.29, 1.82) is 0 Å². The van der Waals surface area contributed by atoms with Gasteiger partial charge in [0.2, 0.25) is 0 Å². The number of hydrogen-bond donors (Lipinski definition) is 3. The third kappa shape index (κ3) is 4.22. The molecule has 1 heterocycles. The number of allylic oxidation sites excluding steroid dienone is 1. The summed E-state index contributed by atoms with van der Waals surface area (Å²) in [4.78, 5) is 11.9. The summed E-state index contributed by atoms with van der Waals surface area (Å²) in [6.45, 7) is 0. The quantitative estimate of drug-likeness (QED) is 0.431. The molecular formula is C12H12BrN3OS2. The number of nitrogens with one attached hydrogen (secondary N) is 3. The van der Waals surface area contributed by atoms with Crippen molar-refractivity contribution in [2.75, 3.05) is 5.32 Å². The lowest BCUT2D eigenvalue weighted by atomic mass is 10.3. The normalized spacial score (nSPS) is 20.9. The summed E-state index contributed by atoms with van der Waals surface area (Å²) in [6, 6.07) is 9.51. The Morgan fingerprint density at radius 1 is 1.26 bits per heavy atom. The average Bonchev–Trinajstić information content (AvgIpc) is 2.83. The van der Waals surface area contributed by atoms with E-state index in [1.165, 1.54) is 11.8 Å². The number of amides is 1. The Labute approximate surface area is 129 Å². The molecule has 2 atom stereocenters. The topological polar surface area (TPSA) is 53.2 Å². The number of hydrazine groups is 1. The number of carbonyl (C=O) groups is 1. The van der Waals surface area contributed by atoms with E-state index in [-0.39, 0.29) is 16.0 Å². The van der Waals surface area contributed by atoms with Gasteiger partial charge in [0.1, 0.15) is 5.25 Å². The summed E-state index contributed by atoms with van der Waals surface area (Å²) in [6.07, 6.45) is 1.94. The Hall–Kier alpha value is -1.05. The SMILES string of the molecule is O=C(NNC(=S)Nc1ccccc1)C1SC=CC1Br. The molecule has 0 bridgehead atoms. The molecule has 0 fully saturated rings. The number of halogens is 1. The second kappa shape index (κ2) is 6.93. The Balaban J connectivity index is 1.76. The highest BCUT2D eigenvalue weighted by atomic mass is 79.9. The lowest BCUT2D eigenvalue weighted by molar-refractivity contribution is -0.120. The Morgan fingerprint density at radius 3 is 2.63 bits per heavy atom. The van der Waals surface area contributed by atoms with Crippen molar-refractivity contribution in [3.05, 3.63) is 41.8 Å². The van der Waals surface area contributed by atoms with Crippen LogP contribution in [0.15, 0.2) is 41.8 Å². The van der Waals surface area contributed by atoms with Crippen LogP contribution in [0.5, 0.6) is 0 Å². The Morgan fingerprint density at radius 2 is 2.00 bits per heavy atom. The summed E-state index contributed by atoms with van der Waals surface area (Å²) in [5.74, 6) is -0.117. The molecule has 100 valence electrons. The fourth-order valence-electron chi connectivity index (χ4n) is 1.46. The third-order valence-corrected chi connectivity index (χ3v) is 4.87. The van der Waals surface area contributed by atoms with E-state index in [1.54, 1.807) is 0 Å². The summed E-state index contributed by atoms with van der Waals surface area (Å²) >= 11 is 9.98. The Bertz CT molecular complexity index is 495. The summed E-state index contributed by atoms with van der Waals surface area (Å²) in [5, 5.41) is 5.05. The zero-order chi connectivity index (χ0) is 13.7. The number of carbonyl (C=O) groups excluding carboxylic acids is 1. The van der Waals surface area contributed by atoms with E-state index in [9.17, 15) is 4.79 Å². The van der Waals surface area contributed by atoms with Crippen LogP contribution >= 0.6 is 39.9 Å². The molecule has 0 saturated carbocycles. The zero-order valence-electron chi connectivity index (χ0n) is 9.80. The van der Waals surface area contributed by atoms with Crippen LogP contribution in [-0.4, -0.2) is 21.1 Å². The van der Waals surface area contributed by atoms with Crippen molar-refractivity contribution in [1.82, 2.24) is 10.9 Å². The highest BCUT2D eigenvalue weighted by molar-refractivity contribution is 9.09. The summed E-state index contributed by atoms with van der Waals surface area (Å²) < 4.78 is 0. The lowest BCUT2D eigenvalue weighted by Crippen LogP contribution is -2.48. The molecule has 0 aromatic heterocycles. The molecular weight excluding hydrogens is 346 g/mol. The first-order valence-corrected chi connectivity index (χ1v) is 7.81. The van der Waals surface area contributed by atoms with Gasteiger partial charge in [-0.1, -0.05) is 40.2 Å². The van der Waals surface area contributed by atoms with Crippen LogP contribution in [-0.2, 0) is 4.79 Å². The fraction of sp³-hybridized carbons (Fsp3) is 0.167. The van der Waals surface area contributed by atoms with Gasteiger partial charge in [0, 0.05) is 5.69 Å². The minimum atomic E-state index is -0.174. The van der Waals surface area contributed by atoms with Gasteiger partial charge < -0.3 is 5.32 Å². The van der Waals surface area contributed by atoms with Crippen LogP contribution in [0.4, 0.5) is 5.69 Å². The number of para-hydroxylation sites is 1. The smallest absolute Gasteiger partial charge is 0.253 e. The average molecular weight is 358 g/mol. The first-order chi connectivity index (χ1) is 9.16. The van der Waals surface area contributed by atoms with Crippen molar-refractivity contribution in [2.24, 2.45) is 0 Å². The van der Waals surface area contributed by atoms with Gasteiger partial charge in [0.05, 0.1) is 4.83 Å². The van der Waals surface area contributed by atoms with Crippen LogP contribution < -0.4 is 16.2 Å². The van der Waals surface area contributed by atoms with Crippen LogP contribution in [0.25, 0.3) is 0 Å². The minimum absolute atomic E-state index is 0.0509. The first kappa shape index (κ1) is 14.4. The van der Waals surface area contributed by atoms with Gasteiger partial charge >= 0.3 is 0 Å². The van der Waals surface area contributed by atoms with E-state index < -0.39 is 0 Å². The fourth-order valence-corrected chi connectivity index (χ4v) is 3.45. The summed E-state index contributed by atoms with van der Waals surface area (Å²) in [5.41, 5.74) is 6.14. The number of benzene rings is 1. The highest BCUT2D eigenvalue weighted by Gasteiger charge is 2.28. The van der Waals surface area contributed by atoms with Gasteiger partial charge in [0.25, 0.3) is 5.91 Å². The standard InChI is InChI=1S/C12H12BrN3OS2/c13-9-6-7-19-10(9)11(17)15-16-12(18)14-8-4-2-1-3-5-8/h1-7,9-10H,(H,15,17)(H2,14,16,18). The molecule has 19 heavy (non-hydrogen) atoms. The predicted octanol–water partition coefficient (Wildman–Crippen LogP) is 2.40. The maximum atomic E-state index is 11.9. The van der Waals surface area contributed by atoms with Crippen molar-refractivity contribution >= 4 is 56.6 Å². The molecule has 3 N–H and O–H groups in total. The van der Waals surface area contributed by atoms with Crippen LogP contribution in [0.3, 0.4) is 0 Å². The largest absolute Gasteiger partial charge is 0.331 e. The molecule has 1 aliphatic heterocycles. The number of thioether (sulfide) groups is 1. The molecule has 1 amide bonds. The summed E-state index contributed by atoms with van der Waals surface area (Å²) in [7, 11) is 0. The maximum absolute atomic E-state index is 11.9. The van der Waals surface area contributed by atoms with Gasteiger partial charge in [-0.2, -0.15) is 0 Å². The van der Waals surface area contributed by atoms with E-state index in [2.05, 4.69) is 32.1 Å². The number of rotatable bonds is 2. The van der Waals surface area contributed by atoms with Crippen LogP contribution in [0, 0.1) is 0 Å². The predicted molar refractivity (Wildman–Crippen MR) is 87.2 cm³/mol. The monoisotopic (exact) mass is 357 g/mol. The molecule has 0 spiro atoms. The molecule has 4 nitrogen and oxygen atoms in total. The molecule has 1 aliphatic rings. The molecule has 0 radical (unpaired) electrons. The molecule has 1 aromatic rings. The van der Waals surface area contributed by atoms with Crippen LogP contribution in [0.1, 0.15) is 0 Å². The van der Waals surface area contributed by atoms with Gasteiger partial charge in [-0.25, -0.2) is 0 Å². The molecule has 7 heteroatoms. The van der Waals surface area contributed by atoms with Crippen molar-refractivity contribution in [3.63, 3.8) is 0 Å². The van der Waals surface area contributed by atoms with E-state index in [4.69, 9.17) is 12.2 Å². The van der Waals surface area contributed by atoms with E-state index in [0.717, 1.165) is 5.69 Å². The van der Waals surface area contributed by atoms with Gasteiger partial charge in [-0.05, 0) is 29.8 Å². The lowest BCUT2D eigenvalue weighted by Gasteiger charge is -2.15. The van der Waals surface area contributed by atoms with Gasteiger partial charge in [0.15, 0.2) is 5.11 Å². The van der Waals surface area contributed by atoms with Gasteiger partial charge in [-0.15, -0.1) is 11.8 Å². The number of alkyl halides is 1. The third-order valence-electron chi connectivity index (χ3n) is 2.37. The molecule has 0 aliphatic carbocycles. The molecule has 0 saturated heterocycles. The molecule has 2 rings (SSSR count).